The summed E-state index contributed by atoms with van der Waals surface area (Å²) in [5.41, 5.74) is 4.11. The highest BCUT2D eigenvalue weighted by atomic mass is 79.9. The van der Waals surface area contributed by atoms with Crippen molar-refractivity contribution in [2.24, 2.45) is 0 Å². The topological polar surface area (TPSA) is 143 Å². The summed E-state index contributed by atoms with van der Waals surface area (Å²) in [5.74, 6) is -3.28. The molecule has 0 unspecified atom stereocenters. The highest BCUT2D eigenvalue weighted by Crippen LogP contribution is 2.36. The van der Waals surface area contributed by atoms with Crippen LogP contribution in [-0.2, 0) is 6.61 Å². The van der Waals surface area contributed by atoms with Crippen molar-refractivity contribution < 1.29 is 24.5 Å². The van der Waals surface area contributed by atoms with Gasteiger partial charge in [0.05, 0.1) is 0 Å². The number of carboxylic acid groups (broad SMARTS) is 2. The fraction of sp³-hybridized carbons (Fsp3) is 0.0500. The van der Waals surface area contributed by atoms with Crippen molar-refractivity contribution in [3.8, 4) is 16.9 Å². The van der Waals surface area contributed by atoms with Gasteiger partial charge in [-0.25, -0.2) is 9.59 Å². The zero-order chi connectivity index (χ0) is 21.1. The monoisotopic (exact) mass is 458 g/mol. The van der Waals surface area contributed by atoms with Gasteiger partial charge < -0.3 is 25.7 Å². The van der Waals surface area contributed by atoms with Gasteiger partial charge in [-0.05, 0) is 23.8 Å². The van der Waals surface area contributed by atoms with Gasteiger partial charge in [0.15, 0.2) is 0 Å². The molecule has 0 atom stereocenters. The van der Waals surface area contributed by atoms with E-state index in [0.717, 1.165) is 10.0 Å². The molecule has 0 spiro atoms. The van der Waals surface area contributed by atoms with E-state index in [1.807, 2.05) is 24.3 Å². The van der Waals surface area contributed by atoms with E-state index in [-0.39, 0.29) is 23.5 Å². The predicted molar refractivity (Wildman–Crippen MR) is 109 cm³/mol. The molecule has 0 radical (unpaired) electrons. The summed E-state index contributed by atoms with van der Waals surface area (Å²) in [7, 11) is 0. The number of hydrogen-bond donors (Lipinski definition) is 4. The third-order valence-electron chi connectivity index (χ3n) is 4.14. The molecule has 0 bridgehead atoms. The number of H-pyrrole nitrogens is 1. The van der Waals surface area contributed by atoms with E-state index >= 15 is 0 Å². The average Bonchev–Trinajstić information content (AvgIpc) is 2.66. The van der Waals surface area contributed by atoms with Crippen molar-refractivity contribution in [1.29, 1.82) is 0 Å². The van der Waals surface area contributed by atoms with Crippen LogP contribution >= 0.6 is 15.9 Å². The lowest BCUT2D eigenvalue weighted by molar-refractivity contribution is 0.0695. The van der Waals surface area contributed by atoms with E-state index in [2.05, 4.69) is 20.9 Å². The third-order valence-corrected chi connectivity index (χ3v) is 4.66. The Labute approximate surface area is 172 Å². The van der Waals surface area contributed by atoms with Gasteiger partial charge in [0.1, 0.15) is 29.3 Å². The van der Waals surface area contributed by atoms with E-state index in [1.165, 1.54) is 6.07 Å². The van der Waals surface area contributed by atoms with Crippen LogP contribution in [0.25, 0.3) is 11.1 Å². The molecule has 2 aromatic carbocycles. The quantitative estimate of drug-likeness (QED) is 0.443. The number of hydrogen-bond acceptors (Lipinski definition) is 5. The fourth-order valence-corrected chi connectivity index (χ4v) is 3.12. The zero-order valence-electron chi connectivity index (χ0n) is 14.8. The molecule has 1 heterocycles. The number of aromatic amines is 1. The number of halogens is 1. The normalized spacial score (nSPS) is 10.5. The SMILES string of the molecule is Nc1[nH]c(=O)c(C(=O)O)c(-c2ccccc2OCc2ccc(Br)cc2)c1C(=O)O. The minimum atomic E-state index is -1.58. The molecule has 0 amide bonds. The molecular formula is C20H15BrN2O6. The van der Waals surface area contributed by atoms with Crippen molar-refractivity contribution in [3.63, 3.8) is 0 Å². The number of anilines is 1. The number of nitrogens with two attached hydrogens (primary N) is 1. The Hall–Kier alpha value is -3.59. The van der Waals surface area contributed by atoms with Crippen molar-refractivity contribution in [1.82, 2.24) is 4.98 Å². The second kappa shape index (κ2) is 8.19. The highest BCUT2D eigenvalue weighted by Gasteiger charge is 2.28. The van der Waals surface area contributed by atoms with E-state index < -0.39 is 34.4 Å². The number of nitrogen functional groups attached to an aromatic ring is 1. The first-order valence-corrected chi connectivity index (χ1v) is 9.08. The molecule has 3 aromatic rings. The largest absolute Gasteiger partial charge is 0.488 e. The molecule has 0 fully saturated rings. The maximum Gasteiger partial charge on any atom is 0.342 e. The molecule has 0 saturated carbocycles. The van der Waals surface area contributed by atoms with Crippen LogP contribution in [0, 0.1) is 0 Å². The molecule has 1 aromatic heterocycles. The van der Waals surface area contributed by atoms with Crippen LogP contribution in [0.3, 0.4) is 0 Å². The van der Waals surface area contributed by atoms with E-state index in [1.54, 1.807) is 18.2 Å². The van der Waals surface area contributed by atoms with Crippen LogP contribution in [0.2, 0.25) is 0 Å². The number of nitrogens with one attached hydrogen (secondary N) is 1. The summed E-state index contributed by atoms with van der Waals surface area (Å²) in [5, 5.41) is 19.1. The van der Waals surface area contributed by atoms with Gasteiger partial charge in [-0.1, -0.05) is 46.3 Å². The van der Waals surface area contributed by atoms with Crippen molar-refractivity contribution in [2.45, 2.75) is 6.61 Å². The number of aromatic carboxylic acids is 2. The zero-order valence-corrected chi connectivity index (χ0v) is 16.4. The molecule has 3 rings (SSSR count). The maximum absolute atomic E-state index is 12.2. The number of benzene rings is 2. The first-order chi connectivity index (χ1) is 13.8. The Morgan fingerprint density at radius 3 is 2.24 bits per heavy atom. The van der Waals surface area contributed by atoms with Crippen LogP contribution in [0.15, 0.2) is 57.8 Å². The Morgan fingerprint density at radius 1 is 1.00 bits per heavy atom. The predicted octanol–water partition coefficient (Wildman–Crippen LogP) is 3.36. The van der Waals surface area contributed by atoms with Gasteiger partial charge in [-0.3, -0.25) is 4.79 Å². The van der Waals surface area contributed by atoms with Crippen LogP contribution in [0.1, 0.15) is 26.3 Å². The van der Waals surface area contributed by atoms with Gasteiger partial charge in [0.2, 0.25) is 0 Å². The molecule has 0 aliphatic rings. The summed E-state index contributed by atoms with van der Waals surface area (Å²) in [6.45, 7) is 0.147. The summed E-state index contributed by atoms with van der Waals surface area (Å²) < 4.78 is 6.71. The fourth-order valence-electron chi connectivity index (χ4n) is 2.86. The average molecular weight is 459 g/mol. The third kappa shape index (κ3) is 4.14. The maximum atomic E-state index is 12.2. The first-order valence-electron chi connectivity index (χ1n) is 8.28. The van der Waals surface area contributed by atoms with Gasteiger partial charge in [0, 0.05) is 15.6 Å². The number of carboxylic acids is 2. The Balaban J connectivity index is 2.16. The van der Waals surface area contributed by atoms with Crippen LogP contribution in [0.4, 0.5) is 5.82 Å². The number of para-hydroxylation sites is 1. The van der Waals surface area contributed by atoms with Gasteiger partial charge in [0.25, 0.3) is 5.56 Å². The van der Waals surface area contributed by atoms with Crippen molar-refractivity contribution in [2.75, 3.05) is 5.73 Å². The second-order valence-corrected chi connectivity index (χ2v) is 6.93. The summed E-state index contributed by atoms with van der Waals surface area (Å²) in [6.07, 6.45) is 0. The number of rotatable bonds is 6. The number of carbonyl (C=O) groups is 2. The Bertz CT molecular complexity index is 1150. The molecular weight excluding hydrogens is 444 g/mol. The van der Waals surface area contributed by atoms with E-state index in [0.29, 0.717) is 0 Å². The molecule has 5 N–H and O–H groups in total. The van der Waals surface area contributed by atoms with Crippen LogP contribution in [-0.4, -0.2) is 27.1 Å². The molecule has 8 nitrogen and oxygen atoms in total. The highest BCUT2D eigenvalue weighted by molar-refractivity contribution is 9.10. The lowest BCUT2D eigenvalue weighted by Crippen LogP contribution is -2.24. The lowest BCUT2D eigenvalue weighted by Gasteiger charge is -2.16. The summed E-state index contributed by atoms with van der Waals surface area (Å²) in [6, 6.07) is 13.6. The number of aromatic nitrogens is 1. The number of pyridine rings is 1. The molecule has 0 aliphatic heterocycles. The smallest absolute Gasteiger partial charge is 0.342 e. The minimum Gasteiger partial charge on any atom is -0.488 e. The van der Waals surface area contributed by atoms with Gasteiger partial charge >= 0.3 is 11.9 Å². The molecule has 0 aliphatic carbocycles. The van der Waals surface area contributed by atoms with Gasteiger partial charge in [-0.15, -0.1) is 0 Å². The standard InChI is InChI=1S/C20H15BrN2O6/c21-11-7-5-10(6-8-11)9-29-13-4-2-1-3-12(13)14-15(19(25)26)17(22)23-18(24)16(14)20(27)28/h1-8H,9H2,(H,25,26)(H,27,28)(H3,22,23,24). The van der Waals surface area contributed by atoms with E-state index in [4.69, 9.17) is 10.5 Å². The molecule has 29 heavy (non-hydrogen) atoms. The second-order valence-electron chi connectivity index (χ2n) is 6.01. The van der Waals surface area contributed by atoms with Crippen LogP contribution < -0.4 is 16.0 Å². The van der Waals surface area contributed by atoms with Crippen molar-refractivity contribution in [3.05, 3.63) is 80.0 Å². The molecule has 0 saturated heterocycles. The molecule has 148 valence electrons. The van der Waals surface area contributed by atoms with E-state index in [9.17, 15) is 24.6 Å². The first kappa shape index (κ1) is 20.2. The van der Waals surface area contributed by atoms with Crippen molar-refractivity contribution >= 4 is 33.7 Å². The Kier molecular flexibility index (Phi) is 5.69. The van der Waals surface area contributed by atoms with Crippen LogP contribution in [0.5, 0.6) is 5.75 Å². The summed E-state index contributed by atoms with van der Waals surface area (Å²) in [4.78, 5) is 37.8. The Morgan fingerprint density at radius 2 is 1.62 bits per heavy atom. The van der Waals surface area contributed by atoms with Gasteiger partial charge in [-0.2, -0.15) is 0 Å². The minimum absolute atomic E-state index is 0.136. The number of ether oxygens (including phenoxy) is 1. The lowest BCUT2D eigenvalue weighted by atomic mass is 9.94. The summed E-state index contributed by atoms with van der Waals surface area (Å²) >= 11 is 3.34. The molecule has 9 heteroatoms.